The van der Waals surface area contributed by atoms with Crippen molar-refractivity contribution in [1.82, 2.24) is 9.66 Å². The Bertz CT molecular complexity index is 1210. The molecule has 9 heteroatoms. The molecule has 1 heterocycles. The number of halogens is 2. The highest BCUT2D eigenvalue weighted by molar-refractivity contribution is 9.10. The lowest BCUT2D eigenvalue weighted by molar-refractivity contribution is -0.144. The highest BCUT2D eigenvalue weighted by Crippen LogP contribution is 2.26. The lowest BCUT2D eigenvalue weighted by Gasteiger charge is -2.12. The molecule has 1 atom stereocenters. The zero-order valence-electron chi connectivity index (χ0n) is 17.0. The predicted octanol–water partition coefficient (Wildman–Crippen LogP) is 5.00. The first kappa shape index (κ1) is 23.1. The molecular weight excluding hydrogens is 530 g/mol. The largest absolute Gasteiger partial charge is 0.479 e. The summed E-state index contributed by atoms with van der Waals surface area (Å²) in [4.78, 5) is 28.7. The highest BCUT2D eigenvalue weighted by Gasteiger charge is 2.14. The Labute approximate surface area is 196 Å². The number of hydrogen-bond acceptors (Lipinski definition) is 5. The summed E-state index contributed by atoms with van der Waals surface area (Å²) in [5.41, 5.74) is 1.12. The zero-order valence-corrected chi connectivity index (χ0v) is 20.2. The number of carboxylic acid groups (broad SMARTS) is 1. The first-order valence-electron chi connectivity index (χ1n) is 9.74. The van der Waals surface area contributed by atoms with E-state index in [1.165, 1.54) is 11.6 Å². The number of ether oxygens (including phenoxy) is 1. The molecule has 0 radical (unpaired) electrons. The third-order valence-electron chi connectivity index (χ3n) is 4.56. The van der Waals surface area contributed by atoms with Crippen LogP contribution in [0.4, 0.5) is 0 Å². The Balaban J connectivity index is 1.98. The molecule has 0 amide bonds. The van der Waals surface area contributed by atoms with Crippen LogP contribution in [0, 0.1) is 0 Å². The lowest BCUT2D eigenvalue weighted by Crippen LogP contribution is -2.23. The van der Waals surface area contributed by atoms with E-state index in [0.717, 1.165) is 17.3 Å². The second kappa shape index (κ2) is 10.2. The standard InChI is InChI=1S/C22H21Br2N3O4/c1-3-4-5-20-26-18-8-7-15(23)11-16(18)21(28)27(20)25-12-14-6-9-19(17(24)10-14)31-13(2)22(29)30/h6-13H,3-5H2,1-2H3,(H,29,30)/t13-/m1/s1. The van der Waals surface area contributed by atoms with Crippen LogP contribution in [0.3, 0.4) is 0 Å². The zero-order chi connectivity index (χ0) is 22.5. The molecule has 0 fully saturated rings. The molecule has 2 aromatic carbocycles. The van der Waals surface area contributed by atoms with Crippen LogP contribution in [0.5, 0.6) is 5.75 Å². The van der Waals surface area contributed by atoms with Gasteiger partial charge in [-0.2, -0.15) is 9.78 Å². The number of aromatic nitrogens is 2. The van der Waals surface area contributed by atoms with Gasteiger partial charge >= 0.3 is 5.97 Å². The van der Waals surface area contributed by atoms with Gasteiger partial charge in [0.05, 0.1) is 21.6 Å². The van der Waals surface area contributed by atoms with Crippen LogP contribution in [0.2, 0.25) is 0 Å². The van der Waals surface area contributed by atoms with Gasteiger partial charge in [0, 0.05) is 10.9 Å². The molecule has 0 bridgehead atoms. The van der Waals surface area contributed by atoms with Crippen LogP contribution in [0.1, 0.15) is 38.1 Å². The fraction of sp³-hybridized carbons (Fsp3) is 0.273. The SMILES string of the molecule is CCCCc1nc2ccc(Br)cc2c(=O)n1N=Cc1ccc(O[C@H](C)C(=O)O)c(Br)c1. The number of rotatable bonds is 8. The van der Waals surface area contributed by atoms with E-state index >= 15 is 0 Å². The van der Waals surface area contributed by atoms with Crippen LogP contribution in [-0.2, 0) is 11.2 Å². The smallest absolute Gasteiger partial charge is 0.344 e. The van der Waals surface area contributed by atoms with Gasteiger partial charge in [-0.05, 0) is 71.2 Å². The predicted molar refractivity (Wildman–Crippen MR) is 127 cm³/mol. The second-order valence-electron chi connectivity index (χ2n) is 6.94. The number of nitrogens with zero attached hydrogens (tertiary/aromatic N) is 3. The molecule has 0 spiro atoms. The number of hydrogen-bond donors (Lipinski definition) is 1. The molecule has 0 aliphatic carbocycles. The quantitative estimate of drug-likeness (QED) is 0.398. The van der Waals surface area contributed by atoms with E-state index < -0.39 is 12.1 Å². The van der Waals surface area contributed by atoms with E-state index in [1.54, 1.807) is 30.5 Å². The second-order valence-corrected chi connectivity index (χ2v) is 8.71. The molecule has 1 N–H and O–H groups in total. The average molecular weight is 551 g/mol. The summed E-state index contributed by atoms with van der Waals surface area (Å²) in [6, 6.07) is 10.6. The molecule has 0 saturated heterocycles. The molecule has 0 unspecified atom stereocenters. The van der Waals surface area contributed by atoms with Crippen molar-refractivity contribution >= 4 is 54.9 Å². The van der Waals surface area contributed by atoms with Crippen molar-refractivity contribution in [3.8, 4) is 5.75 Å². The third kappa shape index (κ3) is 5.59. The van der Waals surface area contributed by atoms with Crippen molar-refractivity contribution in [1.29, 1.82) is 0 Å². The van der Waals surface area contributed by atoms with Crippen LogP contribution >= 0.6 is 31.9 Å². The Hall–Kier alpha value is -2.52. The Kier molecular flexibility index (Phi) is 7.61. The van der Waals surface area contributed by atoms with Crippen LogP contribution in [0.25, 0.3) is 10.9 Å². The average Bonchev–Trinajstić information content (AvgIpc) is 2.73. The summed E-state index contributed by atoms with van der Waals surface area (Å²) in [6.07, 6.45) is 3.10. The number of fused-ring (bicyclic) bond motifs is 1. The maximum atomic E-state index is 13.1. The van der Waals surface area contributed by atoms with Gasteiger partial charge in [0.25, 0.3) is 5.56 Å². The van der Waals surface area contributed by atoms with E-state index in [1.807, 2.05) is 12.1 Å². The molecular formula is C22H21Br2N3O4. The van der Waals surface area contributed by atoms with Gasteiger partial charge in [-0.25, -0.2) is 9.78 Å². The summed E-state index contributed by atoms with van der Waals surface area (Å²) < 4.78 is 8.13. The van der Waals surface area contributed by atoms with Crippen molar-refractivity contribution in [2.75, 3.05) is 0 Å². The minimum absolute atomic E-state index is 0.233. The van der Waals surface area contributed by atoms with Gasteiger partial charge in [0.2, 0.25) is 0 Å². The van der Waals surface area contributed by atoms with Crippen molar-refractivity contribution < 1.29 is 14.6 Å². The Morgan fingerprint density at radius 3 is 2.74 bits per heavy atom. The number of benzene rings is 2. The minimum atomic E-state index is -1.05. The van der Waals surface area contributed by atoms with Crippen molar-refractivity contribution in [2.24, 2.45) is 5.10 Å². The highest BCUT2D eigenvalue weighted by atomic mass is 79.9. The van der Waals surface area contributed by atoms with E-state index in [0.29, 0.717) is 38.9 Å². The van der Waals surface area contributed by atoms with E-state index in [4.69, 9.17) is 9.84 Å². The fourth-order valence-corrected chi connectivity index (χ4v) is 3.72. The molecule has 3 aromatic rings. The summed E-state index contributed by atoms with van der Waals surface area (Å²) in [7, 11) is 0. The van der Waals surface area contributed by atoms with Gasteiger partial charge in [0.15, 0.2) is 6.10 Å². The molecule has 0 saturated carbocycles. The summed E-state index contributed by atoms with van der Waals surface area (Å²) in [6.45, 7) is 3.54. The monoisotopic (exact) mass is 549 g/mol. The number of aliphatic carboxylic acids is 1. The normalized spacial score (nSPS) is 12.4. The van der Waals surface area contributed by atoms with Gasteiger partial charge in [-0.3, -0.25) is 4.79 Å². The first-order chi connectivity index (χ1) is 14.8. The topological polar surface area (TPSA) is 93.8 Å². The first-order valence-corrected chi connectivity index (χ1v) is 11.3. The molecule has 31 heavy (non-hydrogen) atoms. The lowest BCUT2D eigenvalue weighted by atomic mass is 10.2. The number of carboxylic acids is 1. The van der Waals surface area contributed by atoms with Crippen molar-refractivity contribution in [3.63, 3.8) is 0 Å². The van der Waals surface area contributed by atoms with Crippen LogP contribution < -0.4 is 10.3 Å². The molecule has 1 aromatic heterocycles. The molecule has 162 valence electrons. The van der Waals surface area contributed by atoms with Gasteiger partial charge in [-0.1, -0.05) is 29.3 Å². The maximum absolute atomic E-state index is 13.1. The summed E-state index contributed by atoms with van der Waals surface area (Å²) >= 11 is 6.79. The number of carbonyl (C=O) groups is 1. The summed E-state index contributed by atoms with van der Waals surface area (Å²) in [5, 5.41) is 13.9. The summed E-state index contributed by atoms with van der Waals surface area (Å²) in [5.74, 6) is -0.0377. The van der Waals surface area contributed by atoms with Crippen LogP contribution in [0.15, 0.2) is 55.2 Å². The maximum Gasteiger partial charge on any atom is 0.344 e. The van der Waals surface area contributed by atoms with Gasteiger partial charge < -0.3 is 9.84 Å². The number of unbranched alkanes of at least 4 members (excludes halogenated alkanes) is 1. The molecule has 0 aliphatic heterocycles. The van der Waals surface area contributed by atoms with Gasteiger partial charge in [-0.15, -0.1) is 0 Å². The van der Waals surface area contributed by atoms with E-state index in [9.17, 15) is 9.59 Å². The number of aryl methyl sites for hydroxylation is 1. The molecule has 3 rings (SSSR count). The van der Waals surface area contributed by atoms with Crippen LogP contribution in [-0.4, -0.2) is 33.1 Å². The van der Waals surface area contributed by atoms with Crippen molar-refractivity contribution in [3.05, 3.63) is 67.1 Å². The minimum Gasteiger partial charge on any atom is -0.479 e. The van der Waals surface area contributed by atoms with E-state index in [2.05, 4.69) is 48.9 Å². The van der Waals surface area contributed by atoms with Gasteiger partial charge in [0.1, 0.15) is 11.6 Å². The Morgan fingerprint density at radius 2 is 2.06 bits per heavy atom. The third-order valence-corrected chi connectivity index (χ3v) is 5.67. The van der Waals surface area contributed by atoms with Crippen molar-refractivity contribution in [2.45, 2.75) is 39.2 Å². The molecule has 0 aliphatic rings. The van der Waals surface area contributed by atoms with E-state index in [-0.39, 0.29) is 5.56 Å². The fourth-order valence-electron chi connectivity index (χ4n) is 2.87. The Morgan fingerprint density at radius 1 is 1.29 bits per heavy atom. The molecule has 7 nitrogen and oxygen atoms in total.